The summed E-state index contributed by atoms with van der Waals surface area (Å²) in [6.07, 6.45) is 6.85. The first-order chi connectivity index (χ1) is 15.4. The van der Waals surface area contributed by atoms with Crippen LogP contribution in [0.2, 0.25) is 5.02 Å². The predicted molar refractivity (Wildman–Crippen MR) is 130 cm³/mol. The lowest BCUT2D eigenvalue weighted by Crippen LogP contribution is -2.47. The first kappa shape index (κ1) is 24.2. The Morgan fingerprint density at radius 3 is 2.55 bits per heavy atom. The van der Waals surface area contributed by atoms with Crippen molar-refractivity contribution in [3.63, 3.8) is 0 Å². The van der Waals surface area contributed by atoms with Crippen molar-refractivity contribution in [2.24, 2.45) is 5.41 Å². The lowest BCUT2D eigenvalue weighted by atomic mass is 9.75. The Labute approximate surface area is 201 Å². The molecule has 0 radical (unpaired) electrons. The molecule has 1 aliphatic carbocycles. The number of hydrogen-bond donors (Lipinski definition) is 2. The van der Waals surface area contributed by atoms with Gasteiger partial charge in [0.1, 0.15) is 5.82 Å². The van der Waals surface area contributed by atoms with Gasteiger partial charge in [-0.3, -0.25) is 14.8 Å². The van der Waals surface area contributed by atoms with Crippen LogP contribution in [0, 0.1) is 11.2 Å². The molecular weight excluding hydrogens is 439 g/mol. The van der Waals surface area contributed by atoms with Gasteiger partial charge in [-0.25, -0.2) is 4.39 Å². The fraction of sp³-hybridized carbons (Fsp3) is 0.615. The molecule has 4 rings (SSSR count). The first-order valence-corrected chi connectivity index (χ1v) is 12.4. The van der Waals surface area contributed by atoms with Gasteiger partial charge in [-0.1, -0.05) is 31.5 Å². The molecule has 2 aromatic rings. The monoisotopic (exact) mass is 474 g/mol. The van der Waals surface area contributed by atoms with E-state index in [1.54, 1.807) is 6.07 Å². The minimum atomic E-state index is -0.451. The van der Waals surface area contributed by atoms with Crippen molar-refractivity contribution in [2.45, 2.75) is 96.3 Å². The van der Waals surface area contributed by atoms with Gasteiger partial charge in [0.05, 0.1) is 22.3 Å². The van der Waals surface area contributed by atoms with Crippen LogP contribution in [0.1, 0.15) is 89.9 Å². The molecule has 0 bridgehead atoms. The number of carbonyl (C=O) groups is 1. The lowest BCUT2D eigenvalue weighted by molar-refractivity contribution is -0.124. The van der Waals surface area contributed by atoms with Crippen LogP contribution in [0.4, 0.5) is 4.39 Å². The van der Waals surface area contributed by atoms with Crippen LogP contribution in [-0.2, 0) is 10.3 Å². The van der Waals surface area contributed by atoms with Gasteiger partial charge in [-0.15, -0.1) is 0 Å². The molecule has 180 valence electrons. The second-order valence-electron chi connectivity index (χ2n) is 11.5. The van der Waals surface area contributed by atoms with Gasteiger partial charge >= 0.3 is 0 Å². The van der Waals surface area contributed by atoms with Crippen molar-refractivity contribution in [3.05, 3.63) is 52.6 Å². The maximum absolute atomic E-state index is 14.3. The average molecular weight is 475 g/mol. The van der Waals surface area contributed by atoms with Crippen LogP contribution in [0.3, 0.4) is 0 Å². The smallest absolute Gasteiger partial charge is 0.237 e. The summed E-state index contributed by atoms with van der Waals surface area (Å²) < 4.78 is 16.2. The summed E-state index contributed by atoms with van der Waals surface area (Å²) in [7, 11) is 0. The Bertz CT molecular complexity index is 1000. The van der Waals surface area contributed by atoms with Crippen LogP contribution in [-0.4, -0.2) is 27.8 Å². The fourth-order valence-electron chi connectivity index (χ4n) is 5.05. The first-order valence-electron chi connectivity index (χ1n) is 12.0. The zero-order valence-electron chi connectivity index (χ0n) is 20.3. The van der Waals surface area contributed by atoms with E-state index in [-0.39, 0.29) is 40.5 Å². The molecule has 3 atom stereocenters. The van der Waals surface area contributed by atoms with Gasteiger partial charge in [0.2, 0.25) is 5.91 Å². The Hall–Kier alpha value is -1.92. The highest BCUT2D eigenvalue weighted by atomic mass is 35.5. The number of nitrogens with one attached hydrogen (secondary N) is 2. The summed E-state index contributed by atoms with van der Waals surface area (Å²) in [5.41, 5.74) is 1.90. The summed E-state index contributed by atoms with van der Waals surface area (Å²) in [5, 5.41) is 11.7. The molecule has 33 heavy (non-hydrogen) atoms. The van der Waals surface area contributed by atoms with Gasteiger partial charge in [-0.05, 0) is 82.1 Å². The maximum Gasteiger partial charge on any atom is 0.237 e. The number of rotatable bonds is 4. The summed E-state index contributed by atoms with van der Waals surface area (Å²) in [6.45, 7) is 10.9. The van der Waals surface area contributed by atoms with Crippen molar-refractivity contribution >= 4 is 17.5 Å². The number of aromatic nitrogens is 2. The molecule has 1 saturated carbocycles. The number of carbonyl (C=O) groups excluding carboxylic acids is 1. The molecule has 1 aromatic carbocycles. The van der Waals surface area contributed by atoms with Crippen LogP contribution in [0.15, 0.2) is 30.5 Å². The van der Waals surface area contributed by atoms with Gasteiger partial charge in [0.15, 0.2) is 0 Å². The second-order valence-corrected chi connectivity index (χ2v) is 11.9. The molecule has 2 heterocycles. The van der Waals surface area contributed by atoms with Crippen LogP contribution in [0.5, 0.6) is 0 Å². The molecule has 7 heteroatoms. The normalized spacial score (nSPS) is 25.8. The molecule has 1 saturated heterocycles. The van der Waals surface area contributed by atoms with Crippen molar-refractivity contribution in [1.29, 1.82) is 0 Å². The third kappa shape index (κ3) is 5.43. The number of hydrogen-bond acceptors (Lipinski definition) is 3. The van der Waals surface area contributed by atoms with Gasteiger partial charge < -0.3 is 5.32 Å². The summed E-state index contributed by atoms with van der Waals surface area (Å²) in [5.74, 6) is -0.472. The van der Waals surface area contributed by atoms with Crippen molar-refractivity contribution in [3.8, 4) is 0 Å². The van der Waals surface area contributed by atoms with E-state index in [9.17, 15) is 9.18 Å². The van der Waals surface area contributed by atoms with E-state index in [1.165, 1.54) is 6.07 Å². The van der Waals surface area contributed by atoms with Crippen LogP contribution < -0.4 is 10.6 Å². The van der Waals surface area contributed by atoms with Gasteiger partial charge in [-0.2, -0.15) is 5.10 Å². The minimum Gasteiger partial charge on any atom is -0.352 e. The summed E-state index contributed by atoms with van der Waals surface area (Å²) >= 11 is 5.93. The molecule has 1 aliphatic heterocycles. The van der Waals surface area contributed by atoms with Crippen LogP contribution >= 0.6 is 11.6 Å². The number of benzene rings is 1. The molecular formula is C26H36ClFN4O. The van der Waals surface area contributed by atoms with E-state index in [0.29, 0.717) is 11.8 Å². The van der Waals surface area contributed by atoms with E-state index in [4.69, 9.17) is 16.7 Å². The summed E-state index contributed by atoms with van der Waals surface area (Å²) in [4.78, 5) is 13.2. The Morgan fingerprint density at radius 1 is 1.24 bits per heavy atom. The zero-order chi connectivity index (χ0) is 24.0. The van der Waals surface area contributed by atoms with E-state index in [2.05, 4.69) is 45.3 Å². The number of nitrogens with zero attached hydrogens (tertiary/aromatic N) is 2. The summed E-state index contributed by atoms with van der Waals surface area (Å²) in [6, 6.07) is 6.54. The fourth-order valence-corrected chi connectivity index (χ4v) is 5.17. The molecule has 2 aliphatic rings. The van der Waals surface area contributed by atoms with Crippen molar-refractivity contribution < 1.29 is 9.18 Å². The van der Waals surface area contributed by atoms with E-state index >= 15 is 0 Å². The van der Waals surface area contributed by atoms with E-state index < -0.39 is 5.82 Å². The highest BCUT2D eigenvalue weighted by Crippen LogP contribution is 2.41. The standard InChI is InChI=1S/C26H36ClFN4O/c1-25(2,3)32-13-10-21(31-32)18-15-22(24(33)29-17-8-11-26(4,5)12-9-17)30-23(18)16-6-7-19(27)20(28)14-16/h6-7,10,13-14,17-18,22-23,30H,8-9,11-12,15H2,1-5H3,(H,29,33)/t18?,22-,23-/m0/s1. The zero-order valence-corrected chi connectivity index (χ0v) is 21.0. The molecule has 2 N–H and O–H groups in total. The maximum atomic E-state index is 14.3. The molecule has 0 spiro atoms. The Kier molecular flexibility index (Phi) is 6.62. The molecule has 1 amide bonds. The molecule has 1 aromatic heterocycles. The van der Waals surface area contributed by atoms with Crippen molar-refractivity contribution in [2.75, 3.05) is 0 Å². The Balaban J connectivity index is 1.55. The van der Waals surface area contributed by atoms with Gasteiger partial charge in [0, 0.05) is 24.2 Å². The third-order valence-corrected chi connectivity index (χ3v) is 7.56. The largest absolute Gasteiger partial charge is 0.352 e. The molecule has 1 unspecified atom stereocenters. The second kappa shape index (κ2) is 9.03. The molecule has 2 fully saturated rings. The highest BCUT2D eigenvalue weighted by Gasteiger charge is 2.41. The van der Waals surface area contributed by atoms with Crippen molar-refractivity contribution in [1.82, 2.24) is 20.4 Å². The van der Waals surface area contributed by atoms with E-state index in [0.717, 1.165) is 36.9 Å². The van der Waals surface area contributed by atoms with Gasteiger partial charge in [0.25, 0.3) is 0 Å². The van der Waals surface area contributed by atoms with E-state index in [1.807, 2.05) is 23.0 Å². The highest BCUT2D eigenvalue weighted by molar-refractivity contribution is 6.30. The lowest BCUT2D eigenvalue weighted by Gasteiger charge is -2.35. The minimum absolute atomic E-state index is 0.0249. The molecule has 5 nitrogen and oxygen atoms in total. The number of amides is 1. The average Bonchev–Trinajstić information content (AvgIpc) is 3.39. The topological polar surface area (TPSA) is 59.0 Å². The van der Waals surface area contributed by atoms with Crippen LogP contribution in [0.25, 0.3) is 0 Å². The Morgan fingerprint density at radius 2 is 1.94 bits per heavy atom. The number of halogens is 2. The third-order valence-electron chi connectivity index (χ3n) is 7.25. The predicted octanol–water partition coefficient (Wildman–Crippen LogP) is 5.70. The SMILES string of the molecule is CC1(C)CCC(NC(=O)[C@@H]2CC(c3ccn(C(C)(C)C)n3)[C@H](c3ccc(Cl)c(F)c3)N2)CC1. The quantitative estimate of drug-likeness (QED) is 0.597.